The molecule has 1 fully saturated rings. The fraction of sp³-hybridized carbons (Fsp3) is 0.600. The lowest BCUT2D eigenvalue weighted by molar-refractivity contribution is 0.177. The number of benzene rings is 1. The summed E-state index contributed by atoms with van der Waals surface area (Å²) in [5, 5.41) is 3.46. The molecule has 1 saturated heterocycles. The predicted octanol–water partition coefficient (Wildman–Crippen LogP) is 1.88. The second-order valence-corrected chi connectivity index (χ2v) is 7.67. The minimum absolute atomic E-state index is 0.301. The monoisotopic (exact) mass is 311 g/mol. The van der Waals surface area contributed by atoms with Crippen molar-refractivity contribution in [3.05, 3.63) is 24.3 Å². The van der Waals surface area contributed by atoms with Crippen LogP contribution in [0.5, 0.6) is 0 Å². The molecule has 0 radical (unpaired) electrons. The molecule has 0 spiro atoms. The summed E-state index contributed by atoms with van der Waals surface area (Å²) < 4.78 is 26.0. The van der Waals surface area contributed by atoms with Crippen LogP contribution >= 0.6 is 0 Å². The molecule has 2 N–H and O–H groups in total. The Bertz CT molecular complexity index is 564. The van der Waals surface area contributed by atoms with E-state index in [0.717, 1.165) is 31.6 Å². The van der Waals surface area contributed by atoms with Gasteiger partial charge in [0.25, 0.3) is 0 Å². The van der Waals surface area contributed by atoms with E-state index in [4.69, 9.17) is 0 Å². The van der Waals surface area contributed by atoms with Gasteiger partial charge in [-0.1, -0.05) is 6.07 Å². The average molecular weight is 311 g/mol. The van der Waals surface area contributed by atoms with Crippen molar-refractivity contribution >= 4 is 15.7 Å². The molecule has 6 heteroatoms. The van der Waals surface area contributed by atoms with Crippen LogP contribution in [0, 0.1) is 0 Å². The zero-order valence-corrected chi connectivity index (χ0v) is 13.8. The van der Waals surface area contributed by atoms with Gasteiger partial charge in [-0.3, -0.25) is 0 Å². The van der Waals surface area contributed by atoms with Crippen LogP contribution in [0.2, 0.25) is 0 Å². The largest absolute Gasteiger partial charge is 0.382 e. The summed E-state index contributed by atoms with van der Waals surface area (Å²) in [6.45, 7) is 6.62. The molecule has 0 atom stereocenters. The van der Waals surface area contributed by atoms with Crippen LogP contribution < -0.4 is 10.0 Å². The molecule has 21 heavy (non-hydrogen) atoms. The number of likely N-dealkylation sites (tertiary alicyclic amines) is 1. The summed E-state index contributed by atoms with van der Waals surface area (Å²) in [5.41, 5.74) is 0.870. The Balaban J connectivity index is 2.00. The zero-order valence-electron chi connectivity index (χ0n) is 13.0. The van der Waals surface area contributed by atoms with Crippen LogP contribution in [0.15, 0.2) is 29.2 Å². The van der Waals surface area contributed by atoms with E-state index in [0.29, 0.717) is 17.0 Å². The standard InChI is InChI=1S/C15H25N3O2S/c1-12(2)18-9-7-13(8-10-18)17-14-5-4-6-15(11-14)21(19,20)16-3/h4-6,11-13,16-17H,7-10H2,1-3H3. The van der Waals surface area contributed by atoms with E-state index < -0.39 is 10.0 Å². The summed E-state index contributed by atoms with van der Waals surface area (Å²) in [4.78, 5) is 2.77. The van der Waals surface area contributed by atoms with E-state index in [2.05, 4.69) is 28.8 Å². The van der Waals surface area contributed by atoms with E-state index >= 15 is 0 Å². The van der Waals surface area contributed by atoms with Crippen molar-refractivity contribution in [3.8, 4) is 0 Å². The highest BCUT2D eigenvalue weighted by Gasteiger charge is 2.21. The van der Waals surface area contributed by atoms with Gasteiger partial charge in [0, 0.05) is 30.9 Å². The molecule has 1 aromatic carbocycles. The topological polar surface area (TPSA) is 61.4 Å². The first kappa shape index (κ1) is 16.3. The normalized spacial score (nSPS) is 18.1. The van der Waals surface area contributed by atoms with Crippen molar-refractivity contribution < 1.29 is 8.42 Å². The van der Waals surface area contributed by atoms with Crippen molar-refractivity contribution in [1.29, 1.82) is 0 Å². The number of sulfonamides is 1. The molecule has 1 aliphatic rings. The van der Waals surface area contributed by atoms with E-state index in [1.807, 2.05) is 6.07 Å². The highest BCUT2D eigenvalue weighted by Crippen LogP contribution is 2.20. The number of anilines is 1. The first-order chi connectivity index (χ1) is 9.92. The van der Waals surface area contributed by atoms with Crippen LogP contribution in [0.1, 0.15) is 26.7 Å². The Morgan fingerprint density at radius 2 is 1.90 bits per heavy atom. The number of piperidine rings is 1. The Labute approximate surface area is 127 Å². The number of nitrogens with one attached hydrogen (secondary N) is 2. The van der Waals surface area contributed by atoms with E-state index in [9.17, 15) is 8.42 Å². The van der Waals surface area contributed by atoms with Crippen molar-refractivity contribution in [2.75, 3.05) is 25.5 Å². The van der Waals surface area contributed by atoms with Gasteiger partial charge in [-0.25, -0.2) is 13.1 Å². The van der Waals surface area contributed by atoms with Gasteiger partial charge in [0.05, 0.1) is 4.90 Å². The SMILES string of the molecule is CNS(=O)(=O)c1cccc(NC2CCN(C(C)C)CC2)c1. The minimum atomic E-state index is -3.38. The summed E-state index contributed by atoms with van der Waals surface area (Å²) in [7, 11) is -1.95. The van der Waals surface area contributed by atoms with E-state index in [-0.39, 0.29) is 0 Å². The minimum Gasteiger partial charge on any atom is -0.382 e. The van der Waals surface area contributed by atoms with Crippen LogP contribution in [0.3, 0.4) is 0 Å². The molecule has 1 aliphatic heterocycles. The molecule has 1 aromatic rings. The molecule has 0 amide bonds. The van der Waals surface area contributed by atoms with Gasteiger partial charge < -0.3 is 10.2 Å². The Morgan fingerprint density at radius 3 is 2.48 bits per heavy atom. The van der Waals surface area contributed by atoms with Crippen LogP contribution in [0.25, 0.3) is 0 Å². The third kappa shape index (κ3) is 4.18. The highest BCUT2D eigenvalue weighted by molar-refractivity contribution is 7.89. The summed E-state index contributed by atoms with van der Waals surface area (Å²) in [6, 6.07) is 8.00. The third-order valence-corrected chi connectivity index (χ3v) is 5.46. The Kier molecular flexibility index (Phi) is 5.24. The molecule has 5 nitrogen and oxygen atoms in total. The fourth-order valence-corrected chi connectivity index (χ4v) is 3.44. The quantitative estimate of drug-likeness (QED) is 0.871. The summed E-state index contributed by atoms with van der Waals surface area (Å²) in [6.07, 6.45) is 2.17. The molecule has 0 bridgehead atoms. The van der Waals surface area contributed by atoms with Crippen molar-refractivity contribution in [3.63, 3.8) is 0 Å². The lowest BCUT2D eigenvalue weighted by Gasteiger charge is -2.35. The smallest absolute Gasteiger partial charge is 0.240 e. The van der Waals surface area contributed by atoms with Gasteiger partial charge in [-0.05, 0) is 51.9 Å². The molecule has 1 heterocycles. The fourth-order valence-electron chi connectivity index (χ4n) is 2.67. The molecule has 2 rings (SSSR count). The number of rotatable bonds is 5. The van der Waals surface area contributed by atoms with Crippen molar-refractivity contribution in [1.82, 2.24) is 9.62 Å². The maximum Gasteiger partial charge on any atom is 0.240 e. The average Bonchev–Trinajstić information content (AvgIpc) is 2.48. The predicted molar refractivity (Wildman–Crippen MR) is 86.0 cm³/mol. The molecular formula is C15H25N3O2S. The third-order valence-electron chi connectivity index (χ3n) is 4.04. The highest BCUT2D eigenvalue weighted by atomic mass is 32.2. The van der Waals surface area contributed by atoms with Gasteiger partial charge in [0.15, 0.2) is 0 Å². The van der Waals surface area contributed by atoms with Crippen LogP contribution in [-0.2, 0) is 10.0 Å². The molecule has 0 aromatic heterocycles. The molecule has 0 saturated carbocycles. The first-order valence-electron chi connectivity index (χ1n) is 7.46. The van der Waals surface area contributed by atoms with Gasteiger partial charge in [-0.15, -0.1) is 0 Å². The Hall–Kier alpha value is -1.11. The van der Waals surface area contributed by atoms with Crippen molar-refractivity contribution in [2.45, 2.75) is 43.7 Å². The Morgan fingerprint density at radius 1 is 1.24 bits per heavy atom. The second-order valence-electron chi connectivity index (χ2n) is 5.78. The summed E-state index contributed by atoms with van der Waals surface area (Å²) >= 11 is 0. The second kappa shape index (κ2) is 6.77. The van der Waals surface area contributed by atoms with Crippen molar-refractivity contribution in [2.24, 2.45) is 0 Å². The van der Waals surface area contributed by atoms with E-state index in [1.54, 1.807) is 18.2 Å². The molecule has 0 aliphatic carbocycles. The van der Waals surface area contributed by atoms with E-state index in [1.165, 1.54) is 7.05 Å². The van der Waals surface area contributed by atoms with Gasteiger partial charge >= 0.3 is 0 Å². The van der Waals surface area contributed by atoms with Gasteiger partial charge in [-0.2, -0.15) is 0 Å². The number of nitrogens with zero attached hydrogens (tertiary/aromatic N) is 1. The first-order valence-corrected chi connectivity index (χ1v) is 8.95. The van der Waals surface area contributed by atoms with Crippen LogP contribution in [-0.4, -0.2) is 45.5 Å². The number of hydrogen-bond acceptors (Lipinski definition) is 4. The molecule has 0 unspecified atom stereocenters. The zero-order chi connectivity index (χ0) is 15.5. The number of hydrogen-bond donors (Lipinski definition) is 2. The van der Waals surface area contributed by atoms with Gasteiger partial charge in [0.1, 0.15) is 0 Å². The lowest BCUT2D eigenvalue weighted by atomic mass is 10.0. The lowest BCUT2D eigenvalue weighted by Crippen LogP contribution is -2.42. The molecular weight excluding hydrogens is 286 g/mol. The maximum absolute atomic E-state index is 11.8. The maximum atomic E-state index is 11.8. The summed E-state index contributed by atoms with van der Waals surface area (Å²) in [5.74, 6) is 0. The van der Waals surface area contributed by atoms with Gasteiger partial charge in [0.2, 0.25) is 10.0 Å². The molecule has 118 valence electrons. The van der Waals surface area contributed by atoms with Crippen LogP contribution in [0.4, 0.5) is 5.69 Å².